The highest BCUT2D eigenvalue weighted by Crippen LogP contribution is 2.19. The number of aldehydes is 1. The first-order valence-electron chi connectivity index (χ1n) is 4.77. The van der Waals surface area contributed by atoms with E-state index < -0.39 is 5.91 Å². The third-order valence-corrected chi connectivity index (χ3v) is 2.53. The van der Waals surface area contributed by atoms with Crippen LogP contribution in [0.5, 0.6) is 0 Å². The van der Waals surface area contributed by atoms with Gasteiger partial charge in [-0.3, -0.25) is 9.59 Å². The Morgan fingerprint density at radius 2 is 2.25 bits per heavy atom. The topological polar surface area (TPSA) is 55.2 Å². The van der Waals surface area contributed by atoms with Gasteiger partial charge in [0.1, 0.15) is 0 Å². The molecule has 0 aliphatic rings. The molecule has 5 nitrogen and oxygen atoms in total. The molecule has 1 aromatic carbocycles. The molecule has 0 bridgehead atoms. The largest absolute Gasteiger partial charge is 0.334 e. The average Bonchev–Trinajstić information content (AvgIpc) is 2.68. The summed E-state index contributed by atoms with van der Waals surface area (Å²) in [6.07, 6.45) is 2.00. The number of imidazole rings is 1. The molecule has 2 rings (SSSR count). The van der Waals surface area contributed by atoms with E-state index in [-0.39, 0.29) is 0 Å². The Labute approximate surface area is 92.3 Å². The van der Waals surface area contributed by atoms with Crippen LogP contribution in [0, 0.1) is 0 Å². The van der Waals surface area contributed by atoms with Crippen molar-refractivity contribution in [3.8, 4) is 0 Å². The third kappa shape index (κ3) is 1.56. The molecule has 5 heteroatoms. The summed E-state index contributed by atoms with van der Waals surface area (Å²) < 4.78 is 1.89. The summed E-state index contributed by atoms with van der Waals surface area (Å²) in [5.41, 5.74) is 2.43. The lowest BCUT2D eigenvalue weighted by Gasteiger charge is -2.13. The van der Waals surface area contributed by atoms with Gasteiger partial charge in [0, 0.05) is 19.8 Å². The molecule has 82 valence electrons. The van der Waals surface area contributed by atoms with Crippen LogP contribution in [0.15, 0.2) is 24.5 Å². The van der Waals surface area contributed by atoms with Crippen LogP contribution in [0.3, 0.4) is 0 Å². The number of benzene rings is 1. The smallest absolute Gasteiger partial charge is 0.290 e. The second-order valence-corrected chi connectivity index (χ2v) is 3.54. The zero-order valence-corrected chi connectivity index (χ0v) is 9.04. The molecule has 0 unspecified atom stereocenters. The van der Waals surface area contributed by atoms with Crippen LogP contribution in [0.2, 0.25) is 0 Å². The predicted octanol–water partition coefficient (Wildman–Crippen LogP) is 0.735. The van der Waals surface area contributed by atoms with Gasteiger partial charge >= 0.3 is 0 Å². The SMILES string of the molecule is CN(C(=O)C=O)c1ccc2c(c1)ncn2C. The maximum absolute atomic E-state index is 11.2. The molecule has 0 radical (unpaired) electrons. The summed E-state index contributed by atoms with van der Waals surface area (Å²) in [5, 5.41) is 0. The fourth-order valence-corrected chi connectivity index (χ4v) is 1.54. The van der Waals surface area contributed by atoms with Crippen molar-refractivity contribution in [2.75, 3.05) is 11.9 Å². The molecule has 1 aromatic heterocycles. The zero-order valence-electron chi connectivity index (χ0n) is 9.04. The molecular formula is C11H11N3O2. The number of rotatable bonds is 2. The van der Waals surface area contributed by atoms with Crippen LogP contribution in [0.25, 0.3) is 11.0 Å². The lowest BCUT2D eigenvalue weighted by atomic mass is 10.2. The van der Waals surface area contributed by atoms with Crippen LogP contribution in [0.4, 0.5) is 5.69 Å². The summed E-state index contributed by atoms with van der Waals surface area (Å²) in [4.78, 5) is 27.0. The van der Waals surface area contributed by atoms with Crippen molar-refractivity contribution in [2.45, 2.75) is 0 Å². The first-order chi connectivity index (χ1) is 7.63. The quantitative estimate of drug-likeness (QED) is 0.550. The van der Waals surface area contributed by atoms with E-state index >= 15 is 0 Å². The Hall–Kier alpha value is -2.17. The Bertz CT molecular complexity index is 559. The molecule has 16 heavy (non-hydrogen) atoms. The Kier molecular flexibility index (Phi) is 2.44. The number of aryl methyl sites for hydroxylation is 1. The molecule has 0 spiro atoms. The standard InChI is InChI=1S/C11H11N3O2/c1-13-7-12-9-5-8(3-4-10(9)13)14(2)11(16)6-15/h3-7H,1-2H3. The highest BCUT2D eigenvalue weighted by molar-refractivity contribution is 6.30. The van der Waals surface area contributed by atoms with Crippen LogP contribution < -0.4 is 4.90 Å². The molecule has 2 aromatic rings. The van der Waals surface area contributed by atoms with Gasteiger partial charge < -0.3 is 9.47 Å². The first kappa shape index (κ1) is 10.4. The van der Waals surface area contributed by atoms with Gasteiger partial charge in [-0.15, -0.1) is 0 Å². The molecule has 0 aliphatic heterocycles. The molecule has 0 N–H and O–H groups in total. The minimum absolute atomic E-state index is 0.294. The van der Waals surface area contributed by atoms with Crippen LogP contribution in [-0.4, -0.2) is 28.8 Å². The van der Waals surface area contributed by atoms with E-state index in [0.717, 1.165) is 11.0 Å². The lowest BCUT2D eigenvalue weighted by molar-refractivity contribution is -0.129. The van der Waals surface area contributed by atoms with Gasteiger partial charge in [0.25, 0.3) is 5.91 Å². The van der Waals surface area contributed by atoms with Gasteiger partial charge in [-0.25, -0.2) is 4.98 Å². The highest BCUT2D eigenvalue weighted by Gasteiger charge is 2.10. The molecule has 1 heterocycles. The zero-order chi connectivity index (χ0) is 11.7. The Balaban J connectivity index is 2.47. The second-order valence-electron chi connectivity index (χ2n) is 3.54. The fraction of sp³-hybridized carbons (Fsp3) is 0.182. The molecule has 0 aliphatic carbocycles. The van der Waals surface area contributed by atoms with Gasteiger partial charge in [0.15, 0.2) is 0 Å². The average molecular weight is 217 g/mol. The maximum atomic E-state index is 11.2. The van der Waals surface area contributed by atoms with Crippen molar-refractivity contribution in [3.63, 3.8) is 0 Å². The van der Waals surface area contributed by atoms with Crippen LogP contribution >= 0.6 is 0 Å². The summed E-state index contributed by atoms with van der Waals surface area (Å²) >= 11 is 0. The van der Waals surface area contributed by atoms with Crippen molar-refractivity contribution in [3.05, 3.63) is 24.5 Å². The normalized spacial score (nSPS) is 10.4. The second kappa shape index (κ2) is 3.77. The fourth-order valence-electron chi connectivity index (χ4n) is 1.54. The van der Waals surface area contributed by atoms with Crippen LogP contribution in [0.1, 0.15) is 0 Å². The van der Waals surface area contributed by atoms with Crippen molar-refractivity contribution in [2.24, 2.45) is 7.05 Å². The maximum Gasteiger partial charge on any atom is 0.290 e. The monoisotopic (exact) mass is 217 g/mol. The molecule has 0 saturated heterocycles. The number of likely N-dealkylation sites (N-methyl/N-ethyl adjacent to an activating group) is 1. The van der Waals surface area contributed by atoms with E-state index in [9.17, 15) is 9.59 Å². The van der Waals surface area contributed by atoms with E-state index in [1.807, 2.05) is 17.7 Å². The summed E-state index contributed by atoms with van der Waals surface area (Å²) in [7, 11) is 3.45. The van der Waals surface area contributed by atoms with E-state index in [4.69, 9.17) is 0 Å². The molecule has 0 atom stereocenters. The highest BCUT2D eigenvalue weighted by atomic mass is 16.2. The van der Waals surface area contributed by atoms with Gasteiger partial charge in [0.2, 0.25) is 6.29 Å². The number of nitrogens with zero attached hydrogens (tertiary/aromatic N) is 3. The van der Waals surface area contributed by atoms with E-state index in [2.05, 4.69) is 4.98 Å². The van der Waals surface area contributed by atoms with Gasteiger partial charge in [-0.05, 0) is 18.2 Å². The number of carbonyl (C=O) groups excluding carboxylic acids is 2. The van der Waals surface area contributed by atoms with Crippen LogP contribution in [-0.2, 0) is 16.6 Å². The van der Waals surface area contributed by atoms with Crippen molar-refractivity contribution < 1.29 is 9.59 Å². The van der Waals surface area contributed by atoms with Gasteiger partial charge in [0.05, 0.1) is 17.4 Å². The van der Waals surface area contributed by atoms with Crippen molar-refractivity contribution in [1.29, 1.82) is 0 Å². The number of amides is 1. The predicted molar refractivity (Wildman–Crippen MR) is 60.2 cm³/mol. The summed E-state index contributed by atoms with van der Waals surface area (Å²) in [5.74, 6) is -0.574. The minimum atomic E-state index is -0.574. The Morgan fingerprint density at radius 3 is 2.94 bits per heavy atom. The first-order valence-corrected chi connectivity index (χ1v) is 4.77. The molecule has 0 saturated carbocycles. The van der Waals surface area contributed by atoms with E-state index in [1.165, 1.54) is 4.90 Å². The lowest BCUT2D eigenvalue weighted by Crippen LogP contribution is -2.26. The number of anilines is 1. The van der Waals surface area contributed by atoms with Gasteiger partial charge in [-0.2, -0.15) is 0 Å². The number of aromatic nitrogens is 2. The van der Waals surface area contributed by atoms with E-state index in [0.29, 0.717) is 12.0 Å². The molecule has 0 fully saturated rings. The number of carbonyl (C=O) groups is 2. The van der Waals surface area contributed by atoms with E-state index in [1.54, 1.807) is 25.5 Å². The number of hydrogen-bond acceptors (Lipinski definition) is 3. The van der Waals surface area contributed by atoms with Gasteiger partial charge in [-0.1, -0.05) is 0 Å². The van der Waals surface area contributed by atoms with Crippen molar-refractivity contribution >= 4 is 28.9 Å². The summed E-state index contributed by atoms with van der Waals surface area (Å²) in [6.45, 7) is 0. The van der Waals surface area contributed by atoms with Crippen molar-refractivity contribution in [1.82, 2.24) is 9.55 Å². The Morgan fingerprint density at radius 1 is 1.50 bits per heavy atom. The minimum Gasteiger partial charge on any atom is -0.334 e. The number of fused-ring (bicyclic) bond motifs is 1. The third-order valence-electron chi connectivity index (χ3n) is 2.53. The molecular weight excluding hydrogens is 206 g/mol. The number of hydrogen-bond donors (Lipinski definition) is 0. The molecule has 1 amide bonds. The summed E-state index contributed by atoms with van der Waals surface area (Å²) in [6, 6.07) is 5.42.